The Kier molecular flexibility index (Phi) is 3.94. The second-order valence-corrected chi connectivity index (χ2v) is 6.18. The Morgan fingerprint density at radius 1 is 1.23 bits per heavy atom. The molecule has 0 aliphatic carbocycles. The molecule has 0 fully saturated rings. The molecule has 0 radical (unpaired) electrons. The van der Waals surface area contributed by atoms with Crippen molar-refractivity contribution in [3.05, 3.63) is 39.4 Å². The van der Waals surface area contributed by atoms with Crippen molar-refractivity contribution >= 4 is 45.6 Å². The van der Waals surface area contributed by atoms with Crippen molar-refractivity contribution in [2.75, 3.05) is 10.6 Å². The number of nitrogens with one attached hydrogen (secondary N) is 2. The van der Waals surface area contributed by atoms with Crippen molar-refractivity contribution in [2.24, 2.45) is 0 Å². The molecule has 0 aliphatic rings. The molecule has 3 aromatic rings. The van der Waals surface area contributed by atoms with E-state index in [4.69, 9.17) is 4.42 Å². The number of thiophene rings is 1. The minimum Gasteiger partial charge on any atom is -0.431 e. The van der Waals surface area contributed by atoms with Crippen LogP contribution in [0.4, 0.5) is 11.1 Å². The number of hydrogen-bond acceptors (Lipinski definition) is 8. The van der Waals surface area contributed by atoms with E-state index in [-0.39, 0.29) is 17.6 Å². The van der Waals surface area contributed by atoms with E-state index < -0.39 is 5.91 Å². The highest BCUT2D eigenvalue weighted by molar-refractivity contribution is 7.15. The standard InChI is InChI=1S/C12H9N5O3S2/c1-6-16-17-12(22-6)15-9(18)7-5-20-11(13-7)14-10(19)8-3-2-4-21-8/h2-5H,1H3,(H,13,14,19)(H,15,17,18). The van der Waals surface area contributed by atoms with Crippen molar-refractivity contribution in [2.45, 2.75) is 6.92 Å². The second kappa shape index (κ2) is 6.03. The molecule has 22 heavy (non-hydrogen) atoms. The normalized spacial score (nSPS) is 10.4. The summed E-state index contributed by atoms with van der Waals surface area (Å²) in [6.45, 7) is 1.78. The maximum absolute atomic E-state index is 11.9. The summed E-state index contributed by atoms with van der Waals surface area (Å²) in [5.74, 6) is -0.833. The molecule has 10 heteroatoms. The predicted octanol–water partition coefficient (Wildman–Crippen LogP) is 2.40. The Morgan fingerprint density at radius 2 is 2.09 bits per heavy atom. The molecule has 8 nitrogen and oxygen atoms in total. The molecular weight excluding hydrogens is 326 g/mol. The molecule has 0 atom stereocenters. The first-order chi connectivity index (χ1) is 10.6. The Balaban J connectivity index is 1.65. The van der Waals surface area contributed by atoms with E-state index in [0.717, 1.165) is 11.3 Å². The van der Waals surface area contributed by atoms with E-state index in [2.05, 4.69) is 25.8 Å². The average Bonchev–Trinajstić information content (AvgIpc) is 3.20. The lowest BCUT2D eigenvalue weighted by atomic mass is 10.4. The summed E-state index contributed by atoms with van der Waals surface area (Å²) in [5.41, 5.74) is 0.0364. The zero-order valence-electron chi connectivity index (χ0n) is 11.2. The van der Waals surface area contributed by atoms with Crippen molar-refractivity contribution in [1.29, 1.82) is 0 Å². The van der Waals surface area contributed by atoms with E-state index in [1.165, 1.54) is 22.7 Å². The van der Waals surface area contributed by atoms with Crippen molar-refractivity contribution in [3.63, 3.8) is 0 Å². The number of anilines is 2. The lowest BCUT2D eigenvalue weighted by molar-refractivity contribution is 0.101. The van der Waals surface area contributed by atoms with Gasteiger partial charge in [0.25, 0.3) is 11.8 Å². The largest absolute Gasteiger partial charge is 0.431 e. The van der Waals surface area contributed by atoms with E-state index in [9.17, 15) is 9.59 Å². The first-order valence-electron chi connectivity index (χ1n) is 6.03. The number of carbonyl (C=O) groups excluding carboxylic acids is 2. The summed E-state index contributed by atoms with van der Waals surface area (Å²) in [5, 5.41) is 15.5. The van der Waals surface area contributed by atoms with Gasteiger partial charge in [0.1, 0.15) is 11.3 Å². The third-order valence-electron chi connectivity index (χ3n) is 2.45. The van der Waals surface area contributed by atoms with Gasteiger partial charge in [0.2, 0.25) is 5.13 Å². The van der Waals surface area contributed by atoms with Crippen LogP contribution in [0.15, 0.2) is 28.2 Å². The molecule has 112 valence electrons. The molecule has 2 amide bonds. The van der Waals surface area contributed by atoms with E-state index in [0.29, 0.717) is 10.0 Å². The molecule has 0 saturated carbocycles. The summed E-state index contributed by atoms with van der Waals surface area (Å²) in [4.78, 5) is 28.2. The molecule has 3 rings (SSSR count). The van der Waals surface area contributed by atoms with Gasteiger partial charge in [-0.1, -0.05) is 17.4 Å². The topological polar surface area (TPSA) is 110 Å². The zero-order valence-corrected chi connectivity index (χ0v) is 12.8. The van der Waals surface area contributed by atoms with Crippen molar-refractivity contribution in [1.82, 2.24) is 15.2 Å². The summed E-state index contributed by atoms with van der Waals surface area (Å²) in [6, 6.07) is 3.39. The van der Waals surface area contributed by atoms with Gasteiger partial charge in [-0.15, -0.1) is 21.5 Å². The van der Waals surface area contributed by atoms with E-state index >= 15 is 0 Å². The van der Waals surface area contributed by atoms with Gasteiger partial charge in [0, 0.05) is 0 Å². The van der Waals surface area contributed by atoms with Gasteiger partial charge in [-0.05, 0) is 18.4 Å². The number of rotatable bonds is 4. The predicted molar refractivity (Wildman–Crippen MR) is 81.4 cm³/mol. The number of nitrogens with zero attached hydrogens (tertiary/aromatic N) is 3. The fraction of sp³-hybridized carbons (Fsp3) is 0.0833. The molecule has 0 aromatic carbocycles. The van der Waals surface area contributed by atoms with Gasteiger partial charge in [-0.25, -0.2) is 0 Å². The van der Waals surface area contributed by atoms with E-state index in [1.54, 1.807) is 24.4 Å². The molecule has 0 bridgehead atoms. The Bertz CT molecular complexity index is 808. The minimum absolute atomic E-state index is 0.0364. The summed E-state index contributed by atoms with van der Waals surface area (Å²) in [6.07, 6.45) is 1.16. The fourth-order valence-corrected chi connectivity index (χ4v) is 2.72. The fourth-order valence-electron chi connectivity index (χ4n) is 1.51. The van der Waals surface area contributed by atoms with Crippen LogP contribution >= 0.6 is 22.7 Å². The van der Waals surface area contributed by atoms with E-state index in [1.807, 2.05) is 0 Å². The van der Waals surface area contributed by atoms with Crippen LogP contribution in [-0.2, 0) is 0 Å². The van der Waals surface area contributed by atoms with Crippen LogP contribution in [0.2, 0.25) is 0 Å². The maximum atomic E-state index is 11.9. The Hall–Kier alpha value is -2.59. The number of carbonyl (C=O) groups is 2. The summed E-state index contributed by atoms with van der Waals surface area (Å²) < 4.78 is 5.07. The first-order valence-corrected chi connectivity index (χ1v) is 7.73. The van der Waals surface area contributed by atoms with Gasteiger partial charge in [0.05, 0.1) is 4.88 Å². The molecule has 3 aromatic heterocycles. The lowest BCUT2D eigenvalue weighted by Crippen LogP contribution is -2.13. The smallest absolute Gasteiger partial charge is 0.302 e. The number of oxazole rings is 1. The molecule has 0 aliphatic heterocycles. The number of aryl methyl sites for hydroxylation is 1. The SMILES string of the molecule is Cc1nnc(NC(=O)c2coc(NC(=O)c3cccs3)n2)s1. The monoisotopic (exact) mass is 335 g/mol. The van der Waals surface area contributed by atoms with Gasteiger partial charge < -0.3 is 4.42 Å². The Morgan fingerprint density at radius 3 is 2.77 bits per heavy atom. The van der Waals surface area contributed by atoms with Crippen LogP contribution in [0.5, 0.6) is 0 Å². The molecule has 0 unspecified atom stereocenters. The highest BCUT2D eigenvalue weighted by atomic mass is 32.1. The summed E-state index contributed by atoms with van der Waals surface area (Å²) in [7, 11) is 0. The van der Waals surface area contributed by atoms with Crippen LogP contribution in [0.1, 0.15) is 25.2 Å². The second-order valence-electron chi connectivity index (χ2n) is 4.05. The molecule has 0 spiro atoms. The van der Waals surface area contributed by atoms with Crippen LogP contribution in [0.25, 0.3) is 0 Å². The first kappa shape index (κ1) is 14.4. The number of amides is 2. The highest BCUT2D eigenvalue weighted by Crippen LogP contribution is 2.16. The maximum Gasteiger partial charge on any atom is 0.302 e. The van der Waals surface area contributed by atoms with Crippen molar-refractivity contribution in [3.8, 4) is 0 Å². The molecular formula is C12H9N5O3S2. The van der Waals surface area contributed by atoms with Gasteiger partial charge in [-0.2, -0.15) is 4.98 Å². The highest BCUT2D eigenvalue weighted by Gasteiger charge is 2.16. The third kappa shape index (κ3) is 3.18. The quantitative estimate of drug-likeness (QED) is 0.757. The minimum atomic E-state index is -0.489. The van der Waals surface area contributed by atoms with Gasteiger partial charge >= 0.3 is 6.01 Å². The third-order valence-corrected chi connectivity index (χ3v) is 4.07. The van der Waals surface area contributed by atoms with Crippen LogP contribution in [0.3, 0.4) is 0 Å². The van der Waals surface area contributed by atoms with Crippen LogP contribution in [0, 0.1) is 6.92 Å². The van der Waals surface area contributed by atoms with Gasteiger partial charge in [-0.3, -0.25) is 20.2 Å². The molecule has 0 saturated heterocycles. The van der Waals surface area contributed by atoms with Gasteiger partial charge in [0.15, 0.2) is 5.69 Å². The van der Waals surface area contributed by atoms with Crippen LogP contribution in [-0.4, -0.2) is 27.0 Å². The number of hydrogen-bond donors (Lipinski definition) is 2. The van der Waals surface area contributed by atoms with Crippen LogP contribution < -0.4 is 10.6 Å². The van der Waals surface area contributed by atoms with Crippen molar-refractivity contribution < 1.29 is 14.0 Å². The summed E-state index contributed by atoms with van der Waals surface area (Å²) >= 11 is 2.54. The molecule has 3 heterocycles. The number of aromatic nitrogens is 3. The zero-order chi connectivity index (χ0) is 15.5. The molecule has 2 N–H and O–H groups in total. The lowest BCUT2D eigenvalue weighted by Gasteiger charge is -1.97. The Labute approximate surface area is 132 Å². The average molecular weight is 335 g/mol.